The average Bonchev–Trinajstić information content (AvgIpc) is 3.10. The summed E-state index contributed by atoms with van der Waals surface area (Å²) in [4.78, 5) is 5.57. The second kappa shape index (κ2) is 7.19. The summed E-state index contributed by atoms with van der Waals surface area (Å²) in [6.45, 7) is 4.33. The summed E-state index contributed by atoms with van der Waals surface area (Å²) < 4.78 is 11.1. The largest absolute Gasteiger partial charge is 0.382 e. The summed E-state index contributed by atoms with van der Waals surface area (Å²) in [6, 6.07) is 0.719. The van der Waals surface area contributed by atoms with Crippen LogP contribution < -0.4 is 5.32 Å². The van der Waals surface area contributed by atoms with E-state index in [0.717, 1.165) is 31.3 Å². The number of nitrogens with one attached hydrogen (secondary N) is 1. The van der Waals surface area contributed by atoms with Crippen LogP contribution in [0, 0.1) is 6.92 Å². The zero-order chi connectivity index (χ0) is 12.8. The van der Waals surface area contributed by atoms with E-state index in [2.05, 4.69) is 10.3 Å². The van der Waals surface area contributed by atoms with E-state index < -0.39 is 0 Å². The first-order valence-corrected chi connectivity index (χ1v) is 7.40. The second-order valence-electron chi connectivity index (χ2n) is 4.74. The summed E-state index contributed by atoms with van der Waals surface area (Å²) >= 11 is 1.70. The van der Waals surface area contributed by atoms with Crippen molar-refractivity contribution in [1.29, 1.82) is 0 Å². The number of ether oxygens (including phenoxy) is 2. The molecule has 18 heavy (non-hydrogen) atoms. The van der Waals surface area contributed by atoms with Crippen LogP contribution in [0.15, 0.2) is 5.51 Å². The van der Waals surface area contributed by atoms with Gasteiger partial charge in [0.1, 0.15) is 0 Å². The van der Waals surface area contributed by atoms with Crippen molar-refractivity contribution in [2.45, 2.75) is 38.3 Å². The Morgan fingerprint density at radius 1 is 1.56 bits per heavy atom. The molecule has 1 unspecified atom stereocenters. The fourth-order valence-electron chi connectivity index (χ4n) is 1.82. The highest BCUT2D eigenvalue weighted by atomic mass is 32.1. The van der Waals surface area contributed by atoms with Gasteiger partial charge in [-0.2, -0.15) is 0 Å². The molecule has 1 atom stereocenters. The SMILES string of the molecule is COCC(CNC1CC1)OCCc1scnc1C. The third-order valence-corrected chi connectivity index (χ3v) is 4.09. The van der Waals surface area contributed by atoms with Crippen LogP contribution in [0.2, 0.25) is 0 Å². The van der Waals surface area contributed by atoms with E-state index in [-0.39, 0.29) is 6.10 Å². The van der Waals surface area contributed by atoms with Crippen molar-refractivity contribution < 1.29 is 9.47 Å². The van der Waals surface area contributed by atoms with Gasteiger partial charge in [0.15, 0.2) is 0 Å². The molecular formula is C13H22N2O2S. The topological polar surface area (TPSA) is 43.4 Å². The summed E-state index contributed by atoms with van der Waals surface area (Å²) in [5, 5.41) is 3.48. The van der Waals surface area contributed by atoms with Crippen molar-refractivity contribution in [1.82, 2.24) is 10.3 Å². The van der Waals surface area contributed by atoms with Crippen LogP contribution in [0.1, 0.15) is 23.4 Å². The van der Waals surface area contributed by atoms with Gasteiger partial charge in [-0.05, 0) is 19.8 Å². The molecule has 1 aliphatic rings. The quantitative estimate of drug-likeness (QED) is 0.743. The zero-order valence-electron chi connectivity index (χ0n) is 11.1. The molecule has 1 aromatic heterocycles. The van der Waals surface area contributed by atoms with Crippen molar-refractivity contribution in [2.75, 3.05) is 26.9 Å². The van der Waals surface area contributed by atoms with Crippen molar-refractivity contribution in [3.63, 3.8) is 0 Å². The minimum atomic E-state index is 0.156. The summed E-state index contributed by atoms with van der Waals surface area (Å²) in [6.07, 6.45) is 3.71. The molecule has 1 N–H and O–H groups in total. The first-order valence-electron chi connectivity index (χ1n) is 6.52. The van der Waals surface area contributed by atoms with Crippen LogP contribution in [0.4, 0.5) is 0 Å². The Morgan fingerprint density at radius 2 is 2.39 bits per heavy atom. The Balaban J connectivity index is 1.65. The van der Waals surface area contributed by atoms with Gasteiger partial charge in [0, 0.05) is 31.0 Å². The molecule has 0 radical (unpaired) electrons. The molecule has 1 fully saturated rings. The second-order valence-corrected chi connectivity index (χ2v) is 5.68. The van der Waals surface area contributed by atoms with Crippen LogP contribution in [0.5, 0.6) is 0 Å². The summed E-state index contributed by atoms with van der Waals surface area (Å²) in [7, 11) is 1.72. The lowest BCUT2D eigenvalue weighted by Crippen LogP contribution is -2.34. The van der Waals surface area contributed by atoms with Crippen molar-refractivity contribution in [3.8, 4) is 0 Å². The normalized spacial score (nSPS) is 17.0. The van der Waals surface area contributed by atoms with E-state index in [1.807, 2.05) is 12.4 Å². The Kier molecular flexibility index (Phi) is 5.56. The highest BCUT2D eigenvalue weighted by Crippen LogP contribution is 2.18. The van der Waals surface area contributed by atoms with E-state index in [9.17, 15) is 0 Å². The fraction of sp³-hybridized carbons (Fsp3) is 0.769. The third-order valence-electron chi connectivity index (χ3n) is 3.09. The van der Waals surface area contributed by atoms with Gasteiger partial charge >= 0.3 is 0 Å². The Labute approximate surface area is 113 Å². The van der Waals surface area contributed by atoms with Crippen molar-refractivity contribution in [2.24, 2.45) is 0 Å². The lowest BCUT2D eigenvalue weighted by molar-refractivity contribution is 0.000362. The molecule has 1 aliphatic carbocycles. The number of nitrogens with zero attached hydrogens (tertiary/aromatic N) is 1. The molecule has 0 aromatic carbocycles. The van der Waals surface area contributed by atoms with Crippen molar-refractivity contribution in [3.05, 3.63) is 16.1 Å². The Hall–Kier alpha value is -0.490. The number of aryl methyl sites for hydroxylation is 1. The molecule has 5 heteroatoms. The number of methoxy groups -OCH3 is 1. The number of hydrogen-bond donors (Lipinski definition) is 1. The number of aromatic nitrogens is 1. The van der Waals surface area contributed by atoms with Crippen LogP contribution in [0.25, 0.3) is 0 Å². The summed E-state index contributed by atoms with van der Waals surface area (Å²) in [5.74, 6) is 0. The van der Waals surface area contributed by atoms with Gasteiger partial charge in [0.2, 0.25) is 0 Å². The molecule has 2 rings (SSSR count). The zero-order valence-corrected chi connectivity index (χ0v) is 12.0. The Morgan fingerprint density at radius 3 is 3.00 bits per heavy atom. The third kappa shape index (κ3) is 4.65. The molecule has 1 saturated carbocycles. The number of rotatable bonds is 9. The molecule has 0 bridgehead atoms. The van der Waals surface area contributed by atoms with Gasteiger partial charge in [-0.25, -0.2) is 4.98 Å². The van der Waals surface area contributed by atoms with Crippen LogP contribution in [-0.2, 0) is 15.9 Å². The summed E-state index contributed by atoms with van der Waals surface area (Å²) in [5.41, 5.74) is 3.02. The molecular weight excluding hydrogens is 248 g/mol. The van der Waals surface area contributed by atoms with Gasteiger partial charge < -0.3 is 14.8 Å². The minimum absolute atomic E-state index is 0.156. The molecule has 1 aromatic rings. The van der Waals surface area contributed by atoms with Gasteiger partial charge in [-0.3, -0.25) is 0 Å². The maximum absolute atomic E-state index is 5.88. The van der Waals surface area contributed by atoms with Gasteiger partial charge in [0.05, 0.1) is 30.5 Å². The van der Waals surface area contributed by atoms with Gasteiger partial charge in [0.25, 0.3) is 0 Å². The minimum Gasteiger partial charge on any atom is -0.382 e. The molecule has 0 saturated heterocycles. The molecule has 0 amide bonds. The first kappa shape index (κ1) is 13.9. The van der Waals surface area contributed by atoms with Gasteiger partial charge in [-0.1, -0.05) is 0 Å². The first-order chi connectivity index (χ1) is 8.79. The lowest BCUT2D eigenvalue weighted by Gasteiger charge is -2.17. The maximum Gasteiger partial charge on any atom is 0.0932 e. The standard InChI is InChI=1S/C13H22N2O2S/c1-10-13(18-9-15-10)5-6-17-12(8-16-2)7-14-11-3-4-11/h9,11-12,14H,3-8H2,1-2H3. The van der Waals surface area contributed by atoms with E-state index in [1.165, 1.54) is 17.7 Å². The Bertz CT molecular complexity index is 353. The average molecular weight is 270 g/mol. The molecule has 0 aliphatic heterocycles. The molecule has 1 heterocycles. The van der Waals surface area contributed by atoms with E-state index in [1.54, 1.807) is 18.4 Å². The highest BCUT2D eigenvalue weighted by molar-refractivity contribution is 7.09. The number of hydrogen-bond acceptors (Lipinski definition) is 5. The molecule has 4 nitrogen and oxygen atoms in total. The van der Waals surface area contributed by atoms with Gasteiger partial charge in [-0.15, -0.1) is 11.3 Å². The predicted molar refractivity (Wildman–Crippen MR) is 73.2 cm³/mol. The van der Waals surface area contributed by atoms with Crippen LogP contribution in [0.3, 0.4) is 0 Å². The lowest BCUT2D eigenvalue weighted by atomic mass is 10.3. The van der Waals surface area contributed by atoms with Crippen LogP contribution >= 0.6 is 11.3 Å². The highest BCUT2D eigenvalue weighted by Gasteiger charge is 2.22. The van der Waals surface area contributed by atoms with E-state index >= 15 is 0 Å². The van der Waals surface area contributed by atoms with Crippen LogP contribution in [-0.4, -0.2) is 44.0 Å². The predicted octanol–water partition coefficient (Wildman–Crippen LogP) is 1.78. The number of thiazole rings is 1. The van der Waals surface area contributed by atoms with E-state index in [4.69, 9.17) is 9.47 Å². The molecule has 0 spiro atoms. The van der Waals surface area contributed by atoms with E-state index in [0.29, 0.717) is 6.61 Å². The fourth-order valence-corrected chi connectivity index (χ4v) is 2.58. The smallest absolute Gasteiger partial charge is 0.0932 e. The maximum atomic E-state index is 5.88. The van der Waals surface area contributed by atoms with Crippen molar-refractivity contribution >= 4 is 11.3 Å². The monoisotopic (exact) mass is 270 g/mol. The molecule has 102 valence electrons.